The molecule has 0 saturated heterocycles. The molecule has 14 heavy (non-hydrogen) atoms. The van der Waals surface area contributed by atoms with Crippen molar-refractivity contribution < 1.29 is 9.47 Å². The van der Waals surface area contributed by atoms with E-state index in [0.29, 0.717) is 13.2 Å². The molecule has 0 aromatic heterocycles. The van der Waals surface area contributed by atoms with Gasteiger partial charge >= 0.3 is 0 Å². The second kappa shape index (κ2) is 3.59. The Morgan fingerprint density at radius 2 is 1.50 bits per heavy atom. The highest BCUT2D eigenvalue weighted by Gasteiger charge is 2.28. The van der Waals surface area contributed by atoms with Crippen LogP contribution in [0.5, 0.6) is 0 Å². The lowest BCUT2D eigenvalue weighted by Gasteiger charge is -2.10. The van der Waals surface area contributed by atoms with Gasteiger partial charge in [0.25, 0.3) is 0 Å². The first-order valence-corrected chi connectivity index (χ1v) is 5.08. The van der Waals surface area contributed by atoms with E-state index in [2.05, 4.69) is 9.98 Å². The number of ether oxygens (including phenoxy) is 2. The molecule has 2 atom stereocenters. The van der Waals surface area contributed by atoms with Crippen LogP contribution >= 0.6 is 0 Å². The Balaban J connectivity index is 2.05. The Labute approximate surface area is 84.0 Å². The average molecular weight is 196 g/mol. The van der Waals surface area contributed by atoms with Gasteiger partial charge in [-0.1, -0.05) is 0 Å². The second-order valence-electron chi connectivity index (χ2n) is 3.98. The summed E-state index contributed by atoms with van der Waals surface area (Å²) in [6.07, 6.45) is 0. The van der Waals surface area contributed by atoms with Gasteiger partial charge in [-0.15, -0.1) is 0 Å². The Morgan fingerprint density at radius 1 is 1.07 bits per heavy atom. The van der Waals surface area contributed by atoms with Crippen LogP contribution in [-0.2, 0) is 9.47 Å². The van der Waals surface area contributed by atoms with E-state index in [1.807, 2.05) is 20.8 Å². The maximum absolute atomic E-state index is 5.46. The Hall–Kier alpha value is -1.06. The van der Waals surface area contributed by atoms with E-state index in [0.717, 1.165) is 11.8 Å². The minimum absolute atomic E-state index is 0.0740. The Kier molecular flexibility index (Phi) is 2.44. The summed E-state index contributed by atoms with van der Waals surface area (Å²) in [7, 11) is 0. The monoisotopic (exact) mass is 196 g/mol. The molecule has 0 amide bonds. The van der Waals surface area contributed by atoms with E-state index in [1.165, 1.54) is 0 Å². The second-order valence-corrected chi connectivity index (χ2v) is 3.98. The van der Waals surface area contributed by atoms with Crippen LogP contribution in [0.1, 0.15) is 20.8 Å². The van der Waals surface area contributed by atoms with E-state index in [-0.39, 0.29) is 18.0 Å². The fourth-order valence-corrected chi connectivity index (χ4v) is 1.57. The summed E-state index contributed by atoms with van der Waals surface area (Å²) in [6.45, 7) is 7.47. The van der Waals surface area contributed by atoms with Crippen LogP contribution in [0.25, 0.3) is 0 Å². The highest BCUT2D eigenvalue weighted by molar-refractivity contribution is 6.01. The number of hydrogen-bond donors (Lipinski definition) is 0. The molecular weight excluding hydrogens is 180 g/mol. The lowest BCUT2D eigenvalue weighted by atomic mass is 10.2. The van der Waals surface area contributed by atoms with Crippen LogP contribution < -0.4 is 0 Å². The summed E-state index contributed by atoms with van der Waals surface area (Å²) >= 11 is 0. The highest BCUT2D eigenvalue weighted by atomic mass is 16.5. The SMILES string of the molecule is CC1COC(C(C)C2=NC(C)CO2)=N1. The van der Waals surface area contributed by atoms with E-state index in [9.17, 15) is 0 Å². The van der Waals surface area contributed by atoms with Gasteiger partial charge < -0.3 is 9.47 Å². The van der Waals surface area contributed by atoms with E-state index >= 15 is 0 Å². The van der Waals surface area contributed by atoms with Crippen LogP contribution in [0.2, 0.25) is 0 Å². The zero-order valence-corrected chi connectivity index (χ0v) is 8.86. The molecule has 0 fully saturated rings. The zero-order valence-electron chi connectivity index (χ0n) is 8.86. The number of nitrogens with zero attached hydrogens (tertiary/aromatic N) is 2. The minimum atomic E-state index is 0.0740. The molecule has 0 N–H and O–H groups in total. The third-order valence-corrected chi connectivity index (χ3v) is 2.38. The van der Waals surface area contributed by atoms with Crippen molar-refractivity contribution in [2.75, 3.05) is 13.2 Å². The largest absolute Gasteiger partial charge is 0.478 e. The molecule has 2 aliphatic heterocycles. The van der Waals surface area contributed by atoms with Crippen LogP contribution in [0.4, 0.5) is 0 Å². The van der Waals surface area contributed by atoms with Gasteiger partial charge in [-0.25, -0.2) is 9.98 Å². The lowest BCUT2D eigenvalue weighted by molar-refractivity contribution is 0.290. The highest BCUT2D eigenvalue weighted by Crippen LogP contribution is 2.17. The maximum atomic E-state index is 5.46. The summed E-state index contributed by atoms with van der Waals surface area (Å²) in [6, 6.07) is 0.541. The molecule has 0 aromatic carbocycles. The predicted octanol–water partition coefficient (Wildman–Crippen LogP) is 1.26. The van der Waals surface area contributed by atoms with Crippen molar-refractivity contribution in [2.45, 2.75) is 32.9 Å². The standard InChI is InChI=1S/C10H16N2O2/c1-6-4-13-9(11-6)8(3)10-12-7(2)5-14-10/h6-8H,4-5H2,1-3H3. The third-order valence-electron chi connectivity index (χ3n) is 2.38. The van der Waals surface area contributed by atoms with Crippen molar-refractivity contribution in [3.8, 4) is 0 Å². The van der Waals surface area contributed by atoms with Crippen LogP contribution in [0.3, 0.4) is 0 Å². The van der Waals surface area contributed by atoms with E-state index in [1.54, 1.807) is 0 Å². The van der Waals surface area contributed by atoms with Crippen LogP contribution in [-0.4, -0.2) is 37.1 Å². The first-order valence-electron chi connectivity index (χ1n) is 5.08. The number of hydrogen-bond acceptors (Lipinski definition) is 4. The maximum Gasteiger partial charge on any atom is 0.196 e. The van der Waals surface area contributed by atoms with Crippen LogP contribution in [0.15, 0.2) is 9.98 Å². The van der Waals surface area contributed by atoms with Crippen molar-refractivity contribution >= 4 is 11.8 Å². The summed E-state index contributed by atoms with van der Waals surface area (Å²) < 4.78 is 10.9. The molecular formula is C10H16N2O2. The molecule has 0 aliphatic carbocycles. The van der Waals surface area contributed by atoms with Gasteiger partial charge in [0.2, 0.25) is 0 Å². The number of aliphatic imine (C=N–C) groups is 2. The van der Waals surface area contributed by atoms with Crippen molar-refractivity contribution in [3.05, 3.63) is 0 Å². The topological polar surface area (TPSA) is 43.2 Å². The average Bonchev–Trinajstić information content (AvgIpc) is 2.73. The van der Waals surface area contributed by atoms with Crippen molar-refractivity contribution in [1.82, 2.24) is 0 Å². The van der Waals surface area contributed by atoms with Crippen molar-refractivity contribution in [2.24, 2.45) is 15.9 Å². The van der Waals surface area contributed by atoms with E-state index < -0.39 is 0 Å². The van der Waals surface area contributed by atoms with Gasteiger partial charge in [-0.05, 0) is 20.8 Å². The molecule has 0 radical (unpaired) electrons. The molecule has 0 saturated carbocycles. The molecule has 0 aromatic rings. The predicted molar refractivity (Wildman–Crippen MR) is 54.9 cm³/mol. The van der Waals surface area contributed by atoms with Gasteiger partial charge in [-0.2, -0.15) is 0 Å². The molecule has 2 heterocycles. The molecule has 4 heteroatoms. The van der Waals surface area contributed by atoms with Crippen molar-refractivity contribution in [1.29, 1.82) is 0 Å². The smallest absolute Gasteiger partial charge is 0.196 e. The van der Waals surface area contributed by atoms with Gasteiger partial charge in [0, 0.05) is 0 Å². The molecule has 0 bridgehead atoms. The zero-order chi connectivity index (χ0) is 10.1. The summed E-state index contributed by atoms with van der Waals surface area (Å²) in [5, 5.41) is 0. The molecule has 78 valence electrons. The van der Waals surface area contributed by atoms with Crippen molar-refractivity contribution in [3.63, 3.8) is 0 Å². The fraction of sp³-hybridized carbons (Fsp3) is 0.800. The van der Waals surface area contributed by atoms with E-state index in [4.69, 9.17) is 9.47 Å². The van der Waals surface area contributed by atoms with Gasteiger partial charge in [0.05, 0.1) is 12.1 Å². The van der Waals surface area contributed by atoms with Gasteiger partial charge in [0.15, 0.2) is 11.8 Å². The van der Waals surface area contributed by atoms with Crippen LogP contribution in [0, 0.1) is 5.92 Å². The molecule has 2 aliphatic rings. The van der Waals surface area contributed by atoms with Gasteiger partial charge in [0.1, 0.15) is 19.1 Å². The quantitative estimate of drug-likeness (QED) is 0.667. The minimum Gasteiger partial charge on any atom is -0.478 e. The first kappa shape index (κ1) is 9.49. The summed E-state index contributed by atoms with van der Waals surface area (Å²) in [5.41, 5.74) is 0. The molecule has 0 spiro atoms. The molecule has 2 rings (SSSR count). The normalized spacial score (nSPS) is 33.1. The summed E-state index contributed by atoms with van der Waals surface area (Å²) in [5.74, 6) is 1.61. The lowest BCUT2D eigenvalue weighted by Crippen LogP contribution is -2.21. The molecule has 2 unspecified atom stereocenters. The third kappa shape index (κ3) is 1.74. The summed E-state index contributed by atoms with van der Waals surface area (Å²) in [4.78, 5) is 8.78. The fourth-order valence-electron chi connectivity index (χ4n) is 1.57. The van der Waals surface area contributed by atoms with Gasteiger partial charge in [-0.3, -0.25) is 0 Å². The first-order chi connectivity index (χ1) is 6.66. The Bertz CT molecular complexity index is 258. The number of rotatable bonds is 2. The molecule has 4 nitrogen and oxygen atoms in total. The Morgan fingerprint density at radius 3 is 1.79 bits per heavy atom.